The lowest BCUT2D eigenvalue weighted by molar-refractivity contribution is -0.152. The van der Waals surface area contributed by atoms with Crippen molar-refractivity contribution >= 4 is 18.0 Å². The van der Waals surface area contributed by atoms with E-state index in [1.807, 2.05) is 0 Å². The van der Waals surface area contributed by atoms with Crippen LogP contribution in [-0.4, -0.2) is 40.8 Å². The first-order chi connectivity index (χ1) is 13.7. The molecule has 2 aliphatic heterocycles. The predicted octanol–water partition coefficient (Wildman–Crippen LogP) is 3.75. The fourth-order valence-corrected chi connectivity index (χ4v) is 4.60. The molecule has 7 heteroatoms. The third-order valence-electron chi connectivity index (χ3n) is 5.83. The van der Waals surface area contributed by atoms with Crippen molar-refractivity contribution < 1.29 is 28.6 Å². The Morgan fingerprint density at radius 2 is 1.97 bits per heavy atom. The van der Waals surface area contributed by atoms with Gasteiger partial charge < -0.3 is 14.2 Å². The van der Waals surface area contributed by atoms with Crippen molar-refractivity contribution in [2.75, 3.05) is 0 Å². The molecule has 7 nitrogen and oxygen atoms in total. The highest BCUT2D eigenvalue weighted by molar-refractivity contribution is 6.06. The average Bonchev–Trinajstić information content (AvgIpc) is 3.23. The summed E-state index contributed by atoms with van der Waals surface area (Å²) in [6.45, 7) is 7.00. The van der Waals surface area contributed by atoms with Gasteiger partial charge >= 0.3 is 12.1 Å². The molecular weight excluding hydrogens is 374 g/mol. The normalized spacial score (nSPS) is 30.3. The minimum absolute atomic E-state index is 0.139. The second-order valence-corrected chi connectivity index (χ2v) is 9.08. The van der Waals surface area contributed by atoms with Gasteiger partial charge in [0.05, 0.1) is 17.9 Å². The number of nitrogens with zero attached hydrogens (tertiary/aromatic N) is 1. The number of esters is 1. The molecule has 0 saturated carbocycles. The summed E-state index contributed by atoms with van der Waals surface area (Å²) >= 11 is 0. The van der Waals surface area contributed by atoms with Crippen LogP contribution in [0.15, 0.2) is 34.6 Å². The van der Waals surface area contributed by atoms with Crippen molar-refractivity contribution in [3.05, 3.63) is 34.6 Å². The lowest BCUT2D eigenvalue weighted by Crippen LogP contribution is -2.43. The maximum Gasteiger partial charge on any atom is 0.417 e. The summed E-state index contributed by atoms with van der Waals surface area (Å²) in [4.78, 5) is 38.9. The summed E-state index contributed by atoms with van der Waals surface area (Å²) in [7, 11) is 0. The molecule has 0 aromatic heterocycles. The van der Waals surface area contributed by atoms with Crippen LogP contribution in [0.5, 0.6) is 0 Å². The topological polar surface area (TPSA) is 82.1 Å². The Labute approximate surface area is 170 Å². The fourth-order valence-electron chi connectivity index (χ4n) is 4.60. The standard InChI is InChI=1S/C22H27NO6/c1-12-9-17(28-20(12)25)27-11-16-15-10-13-7-5-6-8-14(13)18(15)23(19(16)24)21(26)29-22(2,3)4/h9,11,15,17-18H,5-8,10H2,1-4H3/b16-11+/t15-,17-,18-/m1/s1. The summed E-state index contributed by atoms with van der Waals surface area (Å²) in [6, 6.07) is -0.300. The lowest BCUT2D eigenvalue weighted by atomic mass is 9.92. The number of cyclic esters (lactones) is 1. The van der Waals surface area contributed by atoms with E-state index in [-0.39, 0.29) is 12.0 Å². The number of imide groups is 1. The minimum atomic E-state index is -0.846. The summed E-state index contributed by atoms with van der Waals surface area (Å²) in [5, 5.41) is 0. The molecule has 2 aliphatic carbocycles. The van der Waals surface area contributed by atoms with E-state index in [0.717, 1.165) is 32.1 Å². The lowest BCUT2D eigenvalue weighted by Gasteiger charge is -2.29. The van der Waals surface area contributed by atoms with Gasteiger partial charge in [-0.1, -0.05) is 5.57 Å². The van der Waals surface area contributed by atoms with Crippen LogP contribution in [0.4, 0.5) is 4.79 Å². The van der Waals surface area contributed by atoms with Crippen LogP contribution >= 0.6 is 0 Å². The zero-order chi connectivity index (χ0) is 20.9. The SMILES string of the molecule is CC1=C[C@H](O/C=C2/C(=O)N(C(=O)OC(C)(C)C)[C@@H]3C4=C(CCCC4)C[C@H]23)OC1=O. The Morgan fingerprint density at radius 1 is 1.24 bits per heavy atom. The summed E-state index contributed by atoms with van der Waals surface area (Å²) < 4.78 is 16.2. The third kappa shape index (κ3) is 3.58. The van der Waals surface area contributed by atoms with Crippen molar-refractivity contribution in [3.63, 3.8) is 0 Å². The highest BCUT2D eigenvalue weighted by Crippen LogP contribution is 2.50. The van der Waals surface area contributed by atoms with Crippen LogP contribution in [0.2, 0.25) is 0 Å². The Kier molecular flexibility index (Phi) is 4.79. The minimum Gasteiger partial charge on any atom is -0.458 e. The van der Waals surface area contributed by atoms with Gasteiger partial charge in [0.25, 0.3) is 12.2 Å². The molecule has 4 rings (SSSR count). The number of carbonyl (C=O) groups is 3. The second kappa shape index (κ2) is 7.04. The Balaban J connectivity index is 1.62. The van der Waals surface area contributed by atoms with Gasteiger partial charge in [-0.25, -0.2) is 14.5 Å². The van der Waals surface area contributed by atoms with Gasteiger partial charge in [-0.05, 0) is 65.4 Å². The van der Waals surface area contributed by atoms with E-state index in [1.54, 1.807) is 33.8 Å². The van der Waals surface area contributed by atoms with E-state index >= 15 is 0 Å². The summed E-state index contributed by atoms with van der Waals surface area (Å²) in [5.41, 5.74) is 2.76. The van der Waals surface area contributed by atoms with Crippen molar-refractivity contribution in [2.24, 2.45) is 5.92 Å². The number of allylic oxidation sites excluding steroid dienone is 1. The molecule has 1 fully saturated rings. The molecule has 2 amide bonds. The molecule has 0 radical (unpaired) electrons. The number of hydrogen-bond donors (Lipinski definition) is 0. The van der Waals surface area contributed by atoms with Gasteiger partial charge in [-0.15, -0.1) is 0 Å². The number of amides is 2. The number of fused-ring (bicyclic) bond motifs is 2. The maximum absolute atomic E-state index is 13.2. The molecular formula is C22H27NO6. The second-order valence-electron chi connectivity index (χ2n) is 9.08. The molecule has 0 spiro atoms. The zero-order valence-electron chi connectivity index (χ0n) is 17.3. The van der Waals surface area contributed by atoms with Crippen molar-refractivity contribution in [1.82, 2.24) is 4.90 Å². The third-order valence-corrected chi connectivity index (χ3v) is 5.83. The van der Waals surface area contributed by atoms with Crippen LogP contribution in [0.1, 0.15) is 59.8 Å². The van der Waals surface area contributed by atoms with Crippen molar-refractivity contribution in [2.45, 2.75) is 77.7 Å². The number of hydrogen-bond acceptors (Lipinski definition) is 6. The quantitative estimate of drug-likeness (QED) is 0.303. The molecule has 0 aromatic carbocycles. The van der Waals surface area contributed by atoms with E-state index in [1.165, 1.54) is 22.3 Å². The molecule has 4 aliphatic rings. The Hall–Kier alpha value is -2.57. The highest BCUT2D eigenvalue weighted by atomic mass is 16.7. The fraction of sp³-hybridized carbons (Fsp3) is 0.591. The molecule has 0 unspecified atom stereocenters. The monoisotopic (exact) mass is 401 g/mol. The molecule has 1 saturated heterocycles. The molecule has 29 heavy (non-hydrogen) atoms. The molecule has 0 aromatic rings. The van der Waals surface area contributed by atoms with E-state index in [0.29, 0.717) is 11.1 Å². The van der Waals surface area contributed by atoms with Gasteiger partial charge in [-0.2, -0.15) is 0 Å². The van der Waals surface area contributed by atoms with Gasteiger partial charge in [0.1, 0.15) is 5.60 Å². The zero-order valence-corrected chi connectivity index (χ0v) is 17.3. The number of carbonyl (C=O) groups excluding carboxylic acids is 3. The first-order valence-corrected chi connectivity index (χ1v) is 10.2. The molecule has 3 atom stereocenters. The van der Waals surface area contributed by atoms with Gasteiger partial charge in [-0.3, -0.25) is 4.79 Å². The first-order valence-electron chi connectivity index (χ1n) is 10.2. The van der Waals surface area contributed by atoms with Crippen LogP contribution < -0.4 is 0 Å². The molecule has 0 N–H and O–H groups in total. The molecule has 156 valence electrons. The Morgan fingerprint density at radius 3 is 2.62 bits per heavy atom. The van der Waals surface area contributed by atoms with E-state index in [9.17, 15) is 14.4 Å². The average molecular weight is 401 g/mol. The van der Waals surface area contributed by atoms with Crippen molar-refractivity contribution in [3.8, 4) is 0 Å². The van der Waals surface area contributed by atoms with Crippen molar-refractivity contribution in [1.29, 1.82) is 0 Å². The highest BCUT2D eigenvalue weighted by Gasteiger charge is 2.54. The van der Waals surface area contributed by atoms with E-state index in [2.05, 4.69) is 0 Å². The number of likely N-dealkylation sites (tertiary alicyclic amines) is 1. The largest absolute Gasteiger partial charge is 0.458 e. The van der Waals surface area contributed by atoms with Crippen LogP contribution in [0.3, 0.4) is 0 Å². The Bertz CT molecular complexity index is 859. The smallest absolute Gasteiger partial charge is 0.417 e. The van der Waals surface area contributed by atoms with E-state index < -0.39 is 29.9 Å². The maximum atomic E-state index is 13.2. The van der Waals surface area contributed by atoms with Crippen LogP contribution in [0.25, 0.3) is 0 Å². The van der Waals surface area contributed by atoms with Gasteiger partial charge in [0, 0.05) is 17.6 Å². The molecule has 0 bridgehead atoms. The summed E-state index contributed by atoms with van der Waals surface area (Å²) in [6.07, 6.45) is 6.33. The first kappa shape index (κ1) is 19.7. The molecule has 2 heterocycles. The predicted molar refractivity (Wildman–Crippen MR) is 103 cm³/mol. The van der Waals surface area contributed by atoms with Crippen LogP contribution in [0, 0.1) is 5.92 Å². The van der Waals surface area contributed by atoms with Crippen LogP contribution in [-0.2, 0) is 23.8 Å². The van der Waals surface area contributed by atoms with E-state index in [4.69, 9.17) is 14.2 Å². The number of rotatable bonds is 2. The summed E-state index contributed by atoms with van der Waals surface area (Å²) in [5.74, 6) is -0.964. The van der Waals surface area contributed by atoms with Gasteiger partial charge in [0.15, 0.2) is 0 Å². The number of ether oxygens (including phenoxy) is 3. The van der Waals surface area contributed by atoms with Gasteiger partial charge in [0.2, 0.25) is 0 Å².